The van der Waals surface area contributed by atoms with Crippen molar-refractivity contribution in [1.82, 2.24) is 10.2 Å². The van der Waals surface area contributed by atoms with Gasteiger partial charge in [-0.3, -0.25) is 9.69 Å². The fourth-order valence-electron chi connectivity index (χ4n) is 3.46. The van der Waals surface area contributed by atoms with Crippen LogP contribution in [0.1, 0.15) is 51.9 Å². The van der Waals surface area contributed by atoms with Crippen molar-refractivity contribution in [2.24, 2.45) is 11.7 Å². The number of rotatable bonds is 4. The molecule has 0 bridgehead atoms. The Hall–Kier alpha value is -0.0300. The molecule has 2 aliphatic rings. The number of nitrogens with two attached hydrogens (primary N) is 1. The van der Waals surface area contributed by atoms with E-state index in [1.165, 1.54) is 38.5 Å². The van der Waals surface area contributed by atoms with Crippen LogP contribution in [0.25, 0.3) is 0 Å². The molecule has 0 aromatic rings. The first-order valence-corrected chi connectivity index (χ1v) is 7.97. The molecule has 1 amide bonds. The van der Waals surface area contributed by atoms with E-state index in [9.17, 15) is 4.79 Å². The van der Waals surface area contributed by atoms with Gasteiger partial charge in [0.1, 0.15) is 0 Å². The van der Waals surface area contributed by atoms with E-state index in [0.29, 0.717) is 18.5 Å². The summed E-state index contributed by atoms with van der Waals surface area (Å²) in [4.78, 5) is 14.7. The largest absolute Gasteiger partial charge is 0.352 e. The highest BCUT2D eigenvalue weighted by atomic mass is 35.5. The minimum absolute atomic E-state index is 0. The lowest BCUT2D eigenvalue weighted by molar-refractivity contribution is -0.126. The second-order valence-corrected chi connectivity index (χ2v) is 6.17. The SMILES string of the molecule is CC(C(=O)NC1CCCC1CN)N1CCCCCC1.Cl.Cl. The second kappa shape index (κ2) is 10.7. The summed E-state index contributed by atoms with van der Waals surface area (Å²) in [6.07, 6.45) is 8.54. The van der Waals surface area contributed by atoms with Gasteiger partial charge in [-0.2, -0.15) is 0 Å². The molecule has 6 heteroatoms. The molecule has 126 valence electrons. The molecular weight excluding hydrogens is 309 g/mol. The van der Waals surface area contributed by atoms with E-state index in [0.717, 1.165) is 19.5 Å². The van der Waals surface area contributed by atoms with Gasteiger partial charge in [-0.25, -0.2) is 0 Å². The minimum atomic E-state index is 0. The summed E-state index contributed by atoms with van der Waals surface area (Å²) in [5, 5.41) is 3.24. The highest BCUT2D eigenvalue weighted by Gasteiger charge is 2.30. The molecule has 1 aliphatic heterocycles. The lowest BCUT2D eigenvalue weighted by atomic mass is 10.0. The molecule has 21 heavy (non-hydrogen) atoms. The van der Waals surface area contributed by atoms with Crippen LogP contribution in [0.15, 0.2) is 0 Å². The van der Waals surface area contributed by atoms with Gasteiger partial charge in [-0.15, -0.1) is 24.8 Å². The third-order valence-electron chi connectivity index (χ3n) is 4.86. The minimum Gasteiger partial charge on any atom is -0.352 e. The standard InChI is InChI=1S/C15H29N3O.2ClH/c1-12(18-9-4-2-3-5-10-18)15(19)17-14-8-6-7-13(14)11-16;;/h12-14H,2-11,16H2,1H3,(H,17,19);2*1H. The lowest BCUT2D eigenvalue weighted by Crippen LogP contribution is -2.50. The zero-order valence-electron chi connectivity index (χ0n) is 13.1. The van der Waals surface area contributed by atoms with E-state index in [2.05, 4.69) is 10.2 Å². The van der Waals surface area contributed by atoms with Crippen molar-refractivity contribution in [3.05, 3.63) is 0 Å². The van der Waals surface area contributed by atoms with Gasteiger partial charge in [-0.1, -0.05) is 19.3 Å². The van der Waals surface area contributed by atoms with Gasteiger partial charge >= 0.3 is 0 Å². The molecule has 0 spiro atoms. The average molecular weight is 340 g/mol. The maximum Gasteiger partial charge on any atom is 0.237 e. The van der Waals surface area contributed by atoms with Crippen molar-refractivity contribution in [3.8, 4) is 0 Å². The van der Waals surface area contributed by atoms with E-state index in [1.807, 2.05) is 6.92 Å². The topological polar surface area (TPSA) is 58.4 Å². The number of hydrogen-bond acceptors (Lipinski definition) is 3. The number of hydrogen-bond donors (Lipinski definition) is 2. The maximum absolute atomic E-state index is 12.4. The number of carbonyl (C=O) groups is 1. The molecule has 0 radical (unpaired) electrons. The Bertz CT molecular complexity index is 297. The zero-order chi connectivity index (χ0) is 13.7. The number of nitrogens with one attached hydrogen (secondary N) is 1. The van der Waals surface area contributed by atoms with Crippen molar-refractivity contribution < 1.29 is 4.79 Å². The molecule has 1 heterocycles. The molecule has 1 saturated heterocycles. The molecular formula is C15H31Cl2N3O. The van der Waals surface area contributed by atoms with Crippen molar-refractivity contribution in [1.29, 1.82) is 0 Å². The smallest absolute Gasteiger partial charge is 0.237 e. The number of nitrogens with zero attached hydrogens (tertiary/aromatic N) is 1. The van der Waals surface area contributed by atoms with Crippen molar-refractivity contribution in [2.45, 2.75) is 64.0 Å². The summed E-state index contributed by atoms with van der Waals surface area (Å²) in [7, 11) is 0. The average Bonchev–Trinajstić information content (AvgIpc) is 2.69. The molecule has 1 saturated carbocycles. The van der Waals surface area contributed by atoms with Crippen LogP contribution in [-0.4, -0.2) is 42.5 Å². The van der Waals surface area contributed by atoms with Crippen LogP contribution in [0.4, 0.5) is 0 Å². The summed E-state index contributed by atoms with van der Waals surface area (Å²) in [5.41, 5.74) is 5.78. The van der Waals surface area contributed by atoms with Crippen molar-refractivity contribution in [3.63, 3.8) is 0 Å². The van der Waals surface area contributed by atoms with Gasteiger partial charge < -0.3 is 11.1 Å². The Morgan fingerprint density at radius 1 is 1.14 bits per heavy atom. The molecule has 0 aromatic carbocycles. The summed E-state index contributed by atoms with van der Waals surface area (Å²) in [5.74, 6) is 0.688. The second-order valence-electron chi connectivity index (χ2n) is 6.17. The monoisotopic (exact) mass is 339 g/mol. The van der Waals surface area contributed by atoms with Gasteiger partial charge in [0.05, 0.1) is 6.04 Å². The summed E-state index contributed by atoms with van der Waals surface area (Å²) in [6.45, 7) is 4.88. The summed E-state index contributed by atoms with van der Waals surface area (Å²) in [6, 6.07) is 0.323. The first-order valence-electron chi connectivity index (χ1n) is 7.97. The fraction of sp³-hybridized carbons (Fsp3) is 0.933. The van der Waals surface area contributed by atoms with Gasteiger partial charge in [0, 0.05) is 6.04 Å². The predicted molar refractivity (Wildman–Crippen MR) is 92.3 cm³/mol. The quantitative estimate of drug-likeness (QED) is 0.826. The molecule has 2 rings (SSSR count). The molecule has 3 N–H and O–H groups in total. The lowest BCUT2D eigenvalue weighted by Gasteiger charge is -2.29. The van der Waals surface area contributed by atoms with Crippen LogP contribution in [0.2, 0.25) is 0 Å². The summed E-state index contributed by atoms with van der Waals surface area (Å²) < 4.78 is 0. The Labute approximate surface area is 141 Å². The van der Waals surface area contributed by atoms with Crippen molar-refractivity contribution in [2.75, 3.05) is 19.6 Å². The maximum atomic E-state index is 12.4. The van der Waals surface area contributed by atoms with Crippen LogP contribution >= 0.6 is 24.8 Å². The molecule has 0 aromatic heterocycles. The summed E-state index contributed by atoms with van der Waals surface area (Å²) >= 11 is 0. The van der Waals surface area contributed by atoms with E-state index in [1.54, 1.807) is 0 Å². The first kappa shape index (κ1) is 21.0. The van der Waals surface area contributed by atoms with Crippen LogP contribution in [0, 0.1) is 5.92 Å². The Balaban J connectivity index is 0.00000200. The predicted octanol–water partition coefficient (Wildman–Crippen LogP) is 2.34. The zero-order valence-corrected chi connectivity index (χ0v) is 14.7. The third-order valence-corrected chi connectivity index (χ3v) is 4.86. The Morgan fingerprint density at radius 2 is 1.76 bits per heavy atom. The van der Waals surface area contributed by atoms with E-state index >= 15 is 0 Å². The molecule has 3 unspecified atom stereocenters. The van der Waals surface area contributed by atoms with Crippen LogP contribution in [0.3, 0.4) is 0 Å². The normalized spacial score (nSPS) is 27.9. The van der Waals surface area contributed by atoms with E-state index in [4.69, 9.17) is 5.73 Å². The Morgan fingerprint density at radius 3 is 2.33 bits per heavy atom. The molecule has 4 nitrogen and oxygen atoms in total. The van der Waals surface area contributed by atoms with Crippen LogP contribution in [0.5, 0.6) is 0 Å². The van der Waals surface area contributed by atoms with Gasteiger partial charge in [0.2, 0.25) is 5.91 Å². The number of carbonyl (C=O) groups excluding carboxylic acids is 1. The van der Waals surface area contributed by atoms with Crippen molar-refractivity contribution >= 4 is 30.7 Å². The van der Waals surface area contributed by atoms with Crippen LogP contribution in [-0.2, 0) is 4.79 Å². The van der Waals surface area contributed by atoms with Crippen LogP contribution < -0.4 is 11.1 Å². The number of likely N-dealkylation sites (tertiary alicyclic amines) is 1. The number of halogens is 2. The van der Waals surface area contributed by atoms with Gasteiger partial charge in [-0.05, 0) is 58.2 Å². The highest BCUT2D eigenvalue weighted by Crippen LogP contribution is 2.24. The van der Waals surface area contributed by atoms with E-state index in [-0.39, 0.29) is 36.8 Å². The molecule has 3 atom stereocenters. The first-order chi connectivity index (χ1) is 9.22. The Kier molecular flexibility index (Phi) is 10.6. The number of amides is 1. The van der Waals surface area contributed by atoms with E-state index < -0.39 is 0 Å². The van der Waals surface area contributed by atoms with Gasteiger partial charge in [0.25, 0.3) is 0 Å². The molecule has 2 fully saturated rings. The third kappa shape index (κ3) is 5.93. The molecule has 1 aliphatic carbocycles. The van der Waals surface area contributed by atoms with Gasteiger partial charge in [0.15, 0.2) is 0 Å². The fourth-order valence-corrected chi connectivity index (χ4v) is 3.46. The highest BCUT2D eigenvalue weighted by molar-refractivity contribution is 5.85.